The molecule has 0 unspecified atom stereocenters. The first-order valence-electron chi connectivity index (χ1n) is 8.53. The summed E-state index contributed by atoms with van der Waals surface area (Å²) >= 11 is 0. The Bertz CT molecular complexity index is 1140. The predicted molar refractivity (Wildman–Crippen MR) is 106 cm³/mol. The number of H-pyrrole nitrogens is 1. The molecule has 28 heavy (non-hydrogen) atoms. The molecule has 2 aromatic carbocycles. The number of carbonyl (C=O) groups excluding carboxylic acids is 1. The zero-order valence-corrected chi connectivity index (χ0v) is 15.7. The lowest BCUT2D eigenvalue weighted by Gasteiger charge is -2.10. The average molecular weight is 397 g/mol. The SMILES string of the molecule is NS(=O)(=O)c1ccc(CCNC(=O)c2c(-c3ccccc3)cc[nH]c2=O)cc1. The van der Waals surface area contributed by atoms with Gasteiger partial charge in [0.1, 0.15) is 5.56 Å². The van der Waals surface area contributed by atoms with Gasteiger partial charge in [-0.25, -0.2) is 13.6 Å². The first kappa shape index (κ1) is 19.5. The number of nitrogens with two attached hydrogens (primary N) is 1. The molecule has 0 atom stereocenters. The van der Waals surface area contributed by atoms with Gasteiger partial charge in [-0.1, -0.05) is 42.5 Å². The van der Waals surface area contributed by atoms with E-state index < -0.39 is 21.5 Å². The standard InChI is InChI=1S/C20H19N3O4S/c21-28(26,27)16-8-6-14(7-9-16)10-12-22-19(24)18-17(11-13-23-20(18)25)15-4-2-1-3-5-15/h1-9,11,13H,10,12H2,(H,22,24)(H,23,25)(H2,21,26,27). The minimum atomic E-state index is -3.73. The van der Waals surface area contributed by atoms with Crippen LogP contribution in [0.15, 0.2) is 76.6 Å². The molecule has 0 fully saturated rings. The van der Waals surface area contributed by atoms with Crippen LogP contribution in [0.1, 0.15) is 15.9 Å². The lowest BCUT2D eigenvalue weighted by Crippen LogP contribution is -2.31. The van der Waals surface area contributed by atoms with Crippen molar-refractivity contribution in [2.45, 2.75) is 11.3 Å². The number of nitrogens with one attached hydrogen (secondary N) is 2. The van der Waals surface area contributed by atoms with Crippen LogP contribution >= 0.6 is 0 Å². The smallest absolute Gasteiger partial charge is 0.261 e. The number of sulfonamides is 1. The number of aromatic nitrogens is 1. The van der Waals surface area contributed by atoms with Crippen LogP contribution in [-0.4, -0.2) is 25.9 Å². The number of pyridine rings is 1. The summed E-state index contributed by atoms with van der Waals surface area (Å²) < 4.78 is 22.5. The molecule has 144 valence electrons. The van der Waals surface area contributed by atoms with Gasteiger partial charge in [-0.3, -0.25) is 9.59 Å². The molecule has 0 radical (unpaired) electrons. The van der Waals surface area contributed by atoms with Crippen molar-refractivity contribution in [2.75, 3.05) is 6.54 Å². The number of amides is 1. The van der Waals surface area contributed by atoms with Crippen LogP contribution in [0.25, 0.3) is 11.1 Å². The van der Waals surface area contributed by atoms with Crippen molar-refractivity contribution in [2.24, 2.45) is 5.14 Å². The van der Waals surface area contributed by atoms with Gasteiger partial charge in [0.25, 0.3) is 11.5 Å². The predicted octanol–water partition coefficient (Wildman–Crippen LogP) is 1.66. The lowest BCUT2D eigenvalue weighted by atomic mass is 10.0. The summed E-state index contributed by atoms with van der Waals surface area (Å²) in [7, 11) is -3.73. The fourth-order valence-corrected chi connectivity index (χ4v) is 3.33. The fourth-order valence-electron chi connectivity index (χ4n) is 2.82. The van der Waals surface area contributed by atoms with Crippen LogP contribution in [0.2, 0.25) is 0 Å². The van der Waals surface area contributed by atoms with Gasteiger partial charge in [-0.05, 0) is 35.7 Å². The molecule has 1 amide bonds. The average Bonchev–Trinajstić information content (AvgIpc) is 2.68. The van der Waals surface area contributed by atoms with E-state index in [4.69, 9.17) is 5.14 Å². The third kappa shape index (κ3) is 4.54. The fraction of sp³-hybridized carbons (Fsp3) is 0.100. The van der Waals surface area contributed by atoms with Crippen LogP contribution in [0.3, 0.4) is 0 Å². The first-order chi connectivity index (χ1) is 13.4. The van der Waals surface area contributed by atoms with Crippen molar-refractivity contribution in [3.05, 3.63) is 88.3 Å². The molecule has 3 aromatic rings. The van der Waals surface area contributed by atoms with Crippen molar-refractivity contribution < 1.29 is 13.2 Å². The Morgan fingerprint density at radius 2 is 1.68 bits per heavy atom. The molecular formula is C20H19N3O4S. The zero-order valence-electron chi connectivity index (χ0n) is 14.9. The van der Waals surface area contributed by atoms with E-state index in [9.17, 15) is 18.0 Å². The minimum Gasteiger partial charge on any atom is -0.352 e. The van der Waals surface area contributed by atoms with E-state index in [1.807, 2.05) is 30.3 Å². The highest BCUT2D eigenvalue weighted by Gasteiger charge is 2.16. The second-order valence-corrected chi connectivity index (χ2v) is 7.72. The summed E-state index contributed by atoms with van der Waals surface area (Å²) in [6, 6.07) is 17.0. The molecule has 0 bridgehead atoms. The molecule has 0 saturated heterocycles. The van der Waals surface area contributed by atoms with Crippen LogP contribution in [0, 0.1) is 0 Å². The van der Waals surface area contributed by atoms with E-state index in [0.29, 0.717) is 12.0 Å². The minimum absolute atomic E-state index is 0.0311. The van der Waals surface area contributed by atoms with Crippen molar-refractivity contribution in [3.63, 3.8) is 0 Å². The molecular weight excluding hydrogens is 378 g/mol. The Hall–Kier alpha value is -3.23. The molecule has 0 aliphatic heterocycles. The number of primary sulfonamides is 1. The van der Waals surface area contributed by atoms with E-state index in [1.165, 1.54) is 18.3 Å². The molecule has 4 N–H and O–H groups in total. The van der Waals surface area contributed by atoms with Gasteiger partial charge in [-0.2, -0.15) is 0 Å². The second-order valence-electron chi connectivity index (χ2n) is 6.16. The quantitative estimate of drug-likeness (QED) is 0.585. The highest BCUT2D eigenvalue weighted by molar-refractivity contribution is 7.89. The summed E-state index contributed by atoms with van der Waals surface area (Å²) in [6.45, 7) is 0.288. The second kappa shape index (κ2) is 8.20. The lowest BCUT2D eigenvalue weighted by molar-refractivity contribution is 0.0953. The summed E-state index contributed by atoms with van der Waals surface area (Å²) in [5.74, 6) is -0.471. The highest BCUT2D eigenvalue weighted by Crippen LogP contribution is 2.20. The van der Waals surface area contributed by atoms with E-state index in [-0.39, 0.29) is 17.0 Å². The van der Waals surface area contributed by atoms with Crippen molar-refractivity contribution in [1.82, 2.24) is 10.3 Å². The van der Waals surface area contributed by atoms with Crippen molar-refractivity contribution in [3.8, 4) is 11.1 Å². The van der Waals surface area contributed by atoms with Crippen molar-refractivity contribution in [1.29, 1.82) is 0 Å². The van der Waals surface area contributed by atoms with Crippen molar-refractivity contribution >= 4 is 15.9 Å². The highest BCUT2D eigenvalue weighted by atomic mass is 32.2. The molecule has 8 heteroatoms. The summed E-state index contributed by atoms with van der Waals surface area (Å²) in [5, 5.41) is 7.81. The molecule has 0 saturated carbocycles. The van der Waals surface area contributed by atoms with E-state index in [1.54, 1.807) is 18.2 Å². The molecule has 0 aliphatic rings. The van der Waals surface area contributed by atoms with Gasteiger partial charge in [0, 0.05) is 18.3 Å². The number of rotatable bonds is 6. The number of hydrogen-bond acceptors (Lipinski definition) is 4. The molecule has 1 heterocycles. The third-order valence-corrected chi connectivity index (χ3v) is 5.15. The monoisotopic (exact) mass is 397 g/mol. The summed E-state index contributed by atoms with van der Waals surface area (Å²) in [4.78, 5) is 27.4. The maximum Gasteiger partial charge on any atom is 0.261 e. The number of benzene rings is 2. The maximum atomic E-state index is 12.6. The topological polar surface area (TPSA) is 122 Å². The van der Waals surface area contributed by atoms with E-state index in [2.05, 4.69) is 10.3 Å². The Balaban J connectivity index is 1.72. The van der Waals surface area contributed by atoms with Gasteiger partial charge in [0.2, 0.25) is 10.0 Å². The van der Waals surface area contributed by atoms with Gasteiger partial charge < -0.3 is 10.3 Å². The van der Waals surface area contributed by atoms with Crippen LogP contribution in [-0.2, 0) is 16.4 Å². The maximum absolute atomic E-state index is 12.6. The number of aromatic amines is 1. The van der Waals surface area contributed by atoms with Gasteiger partial charge in [0.15, 0.2) is 0 Å². The molecule has 0 aliphatic carbocycles. The van der Waals surface area contributed by atoms with Gasteiger partial charge >= 0.3 is 0 Å². The molecule has 1 aromatic heterocycles. The van der Waals surface area contributed by atoms with Gasteiger partial charge in [0.05, 0.1) is 4.90 Å². The van der Waals surface area contributed by atoms with Crippen LogP contribution in [0.5, 0.6) is 0 Å². The van der Waals surface area contributed by atoms with E-state index in [0.717, 1.165) is 11.1 Å². The zero-order chi connectivity index (χ0) is 20.1. The van der Waals surface area contributed by atoms with Gasteiger partial charge in [-0.15, -0.1) is 0 Å². The van der Waals surface area contributed by atoms with E-state index >= 15 is 0 Å². The number of hydrogen-bond donors (Lipinski definition) is 3. The van der Waals surface area contributed by atoms with Crippen LogP contribution in [0.4, 0.5) is 0 Å². The molecule has 0 spiro atoms. The Morgan fingerprint density at radius 1 is 1.00 bits per heavy atom. The molecule has 3 rings (SSSR count). The third-order valence-electron chi connectivity index (χ3n) is 4.22. The molecule has 7 nitrogen and oxygen atoms in total. The Labute approximate surface area is 162 Å². The summed E-state index contributed by atoms with van der Waals surface area (Å²) in [6.07, 6.45) is 1.98. The Kier molecular flexibility index (Phi) is 5.72. The Morgan fingerprint density at radius 3 is 2.32 bits per heavy atom. The summed E-state index contributed by atoms with van der Waals surface area (Å²) in [5.41, 5.74) is 1.75. The normalized spacial score (nSPS) is 11.2. The first-order valence-corrected chi connectivity index (χ1v) is 10.1. The number of carbonyl (C=O) groups is 1. The largest absolute Gasteiger partial charge is 0.352 e. The van der Waals surface area contributed by atoms with Crippen LogP contribution < -0.4 is 16.0 Å².